The van der Waals surface area contributed by atoms with Gasteiger partial charge in [-0.05, 0) is 46.7 Å². The molecule has 0 fully saturated rings. The smallest absolute Gasteiger partial charge is 0.211 e. The zero-order valence-electron chi connectivity index (χ0n) is 6.75. The van der Waals surface area contributed by atoms with Crippen molar-refractivity contribution < 1.29 is 8.42 Å². The zero-order chi connectivity index (χ0) is 9.47. The molecule has 0 spiro atoms. The van der Waals surface area contributed by atoms with Gasteiger partial charge in [-0.3, -0.25) is 0 Å². The zero-order valence-corrected chi connectivity index (χ0v) is 9.72. The van der Waals surface area contributed by atoms with Crippen LogP contribution in [0.1, 0.15) is 5.56 Å². The Labute approximate surface area is 90.7 Å². The predicted octanol–water partition coefficient (Wildman–Crippen LogP) is 1.13. The molecule has 0 saturated carbocycles. The average molecular weight is 309 g/mol. The fourth-order valence-corrected chi connectivity index (χ4v) is 3.69. The Hall–Kier alpha value is -0.140. The second kappa shape index (κ2) is 3.21. The van der Waals surface area contributed by atoms with Crippen LogP contribution in [0.15, 0.2) is 23.1 Å². The number of hydrogen-bond acceptors (Lipinski definition) is 2. The van der Waals surface area contributed by atoms with E-state index in [2.05, 4.69) is 27.3 Å². The van der Waals surface area contributed by atoms with Crippen molar-refractivity contribution in [1.29, 1.82) is 0 Å². The van der Waals surface area contributed by atoms with Crippen LogP contribution in [0.25, 0.3) is 0 Å². The first kappa shape index (κ1) is 9.42. The summed E-state index contributed by atoms with van der Waals surface area (Å²) < 4.78 is 26.6. The van der Waals surface area contributed by atoms with Crippen LogP contribution in [0.4, 0.5) is 0 Å². The van der Waals surface area contributed by atoms with Crippen LogP contribution in [-0.4, -0.2) is 15.0 Å². The molecule has 5 heteroatoms. The number of halogens is 1. The molecule has 1 aromatic carbocycles. The first-order chi connectivity index (χ1) is 6.11. The highest BCUT2D eigenvalue weighted by Gasteiger charge is 2.23. The summed E-state index contributed by atoms with van der Waals surface area (Å²) >= 11 is 2.17. The van der Waals surface area contributed by atoms with Gasteiger partial charge in [-0.25, -0.2) is 13.1 Å². The maximum atomic E-state index is 11.5. The van der Waals surface area contributed by atoms with Crippen molar-refractivity contribution in [2.45, 2.75) is 11.3 Å². The summed E-state index contributed by atoms with van der Waals surface area (Å²) in [4.78, 5) is 0.436. The Morgan fingerprint density at radius 1 is 1.38 bits per heavy atom. The van der Waals surface area contributed by atoms with Gasteiger partial charge in [0.15, 0.2) is 0 Å². The first-order valence-corrected chi connectivity index (χ1v) is 6.44. The number of fused-ring (bicyclic) bond motifs is 1. The molecule has 1 aliphatic rings. The molecule has 0 radical (unpaired) electrons. The monoisotopic (exact) mass is 309 g/mol. The number of sulfonamides is 1. The average Bonchev–Trinajstić information content (AvgIpc) is 2.06. The van der Waals surface area contributed by atoms with Gasteiger partial charge < -0.3 is 0 Å². The molecule has 13 heavy (non-hydrogen) atoms. The number of nitrogens with one attached hydrogen (secondary N) is 1. The van der Waals surface area contributed by atoms with Crippen molar-refractivity contribution in [1.82, 2.24) is 4.72 Å². The summed E-state index contributed by atoms with van der Waals surface area (Å²) in [7, 11) is -3.22. The molecule has 1 aromatic rings. The summed E-state index contributed by atoms with van der Waals surface area (Å²) in [5.74, 6) is 0. The maximum absolute atomic E-state index is 11.5. The van der Waals surface area contributed by atoms with E-state index >= 15 is 0 Å². The molecule has 1 aliphatic heterocycles. The lowest BCUT2D eigenvalue weighted by molar-refractivity contribution is 0.573. The largest absolute Gasteiger partial charge is 0.240 e. The summed E-state index contributed by atoms with van der Waals surface area (Å²) in [6, 6.07) is 5.35. The summed E-state index contributed by atoms with van der Waals surface area (Å²) in [5.41, 5.74) is 0.946. The van der Waals surface area contributed by atoms with Crippen LogP contribution < -0.4 is 4.72 Å². The van der Waals surface area contributed by atoms with Crippen molar-refractivity contribution in [2.75, 3.05) is 6.54 Å². The fourth-order valence-electron chi connectivity index (χ4n) is 1.42. The van der Waals surface area contributed by atoms with E-state index in [1.165, 1.54) is 0 Å². The molecule has 0 bridgehead atoms. The van der Waals surface area contributed by atoms with Crippen LogP contribution in [0.5, 0.6) is 0 Å². The number of hydrogen-bond donors (Lipinski definition) is 1. The van der Waals surface area contributed by atoms with E-state index in [1.54, 1.807) is 12.1 Å². The van der Waals surface area contributed by atoms with Gasteiger partial charge >= 0.3 is 0 Å². The number of rotatable bonds is 0. The molecule has 0 amide bonds. The molecule has 3 nitrogen and oxygen atoms in total. The van der Waals surface area contributed by atoms with Crippen LogP contribution in [-0.2, 0) is 16.4 Å². The van der Waals surface area contributed by atoms with Crippen molar-refractivity contribution >= 4 is 32.6 Å². The van der Waals surface area contributed by atoms with Gasteiger partial charge in [0.2, 0.25) is 10.0 Å². The molecule has 1 N–H and O–H groups in total. The highest BCUT2D eigenvalue weighted by molar-refractivity contribution is 14.1. The fraction of sp³-hybridized carbons (Fsp3) is 0.250. The van der Waals surface area contributed by atoms with Crippen LogP contribution in [0.3, 0.4) is 0 Å². The lowest BCUT2D eigenvalue weighted by atomic mass is 10.1. The lowest BCUT2D eigenvalue weighted by Gasteiger charge is -2.17. The van der Waals surface area contributed by atoms with Crippen molar-refractivity contribution in [3.63, 3.8) is 0 Å². The molecule has 2 rings (SSSR count). The predicted molar refractivity (Wildman–Crippen MR) is 58.1 cm³/mol. The van der Waals surface area contributed by atoms with E-state index < -0.39 is 10.0 Å². The third kappa shape index (κ3) is 1.60. The molecular formula is C8H8INO2S. The van der Waals surface area contributed by atoms with Crippen molar-refractivity contribution in [3.8, 4) is 0 Å². The van der Waals surface area contributed by atoms with Crippen LogP contribution in [0, 0.1) is 3.57 Å². The van der Waals surface area contributed by atoms with Crippen LogP contribution >= 0.6 is 22.6 Å². The minimum Gasteiger partial charge on any atom is -0.211 e. The highest BCUT2D eigenvalue weighted by Crippen LogP contribution is 2.24. The minimum absolute atomic E-state index is 0.436. The van der Waals surface area contributed by atoms with E-state index in [1.807, 2.05) is 6.07 Å². The Morgan fingerprint density at radius 3 is 2.85 bits per heavy atom. The molecule has 0 aromatic heterocycles. The minimum atomic E-state index is -3.22. The SMILES string of the molecule is O=S1(=O)NCCc2c(I)cccc21. The number of benzene rings is 1. The van der Waals surface area contributed by atoms with Crippen LogP contribution in [0.2, 0.25) is 0 Å². The quantitative estimate of drug-likeness (QED) is 0.730. The van der Waals surface area contributed by atoms with Crippen molar-refractivity contribution in [3.05, 3.63) is 27.3 Å². The molecule has 0 saturated heterocycles. The van der Waals surface area contributed by atoms with E-state index in [0.717, 1.165) is 15.6 Å². The van der Waals surface area contributed by atoms with E-state index in [4.69, 9.17) is 0 Å². The summed E-state index contributed by atoms with van der Waals surface area (Å²) in [6.07, 6.45) is 0.785. The lowest BCUT2D eigenvalue weighted by Crippen LogP contribution is -2.32. The van der Waals surface area contributed by atoms with Crippen molar-refractivity contribution in [2.24, 2.45) is 0 Å². The Balaban J connectivity index is 2.73. The second-order valence-electron chi connectivity index (χ2n) is 2.86. The molecule has 0 atom stereocenters. The van der Waals surface area contributed by atoms with Gasteiger partial charge in [0, 0.05) is 10.1 Å². The van der Waals surface area contributed by atoms with Gasteiger partial charge in [-0.2, -0.15) is 0 Å². The van der Waals surface area contributed by atoms with E-state index in [0.29, 0.717) is 11.4 Å². The van der Waals surface area contributed by atoms with E-state index in [9.17, 15) is 8.42 Å². The first-order valence-electron chi connectivity index (χ1n) is 3.88. The standard InChI is InChI=1S/C8H8INO2S/c9-7-2-1-3-8-6(7)4-5-10-13(8,11)12/h1-3,10H,4-5H2. The van der Waals surface area contributed by atoms with Gasteiger partial charge in [0.1, 0.15) is 0 Å². The molecule has 0 unspecified atom stereocenters. The van der Waals surface area contributed by atoms with Gasteiger partial charge in [-0.15, -0.1) is 0 Å². The summed E-state index contributed by atoms with van der Waals surface area (Å²) in [5, 5.41) is 0. The molecule has 70 valence electrons. The maximum Gasteiger partial charge on any atom is 0.240 e. The molecular weight excluding hydrogens is 301 g/mol. The third-order valence-electron chi connectivity index (χ3n) is 2.03. The Morgan fingerprint density at radius 2 is 2.15 bits per heavy atom. The normalized spacial score (nSPS) is 19.5. The van der Waals surface area contributed by atoms with E-state index in [-0.39, 0.29) is 0 Å². The molecule has 1 heterocycles. The Bertz CT molecular complexity index is 441. The van der Waals surface area contributed by atoms with Gasteiger partial charge in [-0.1, -0.05) is 6.07 Å². The van der Waals surface area contributed by atoms with Gasteiger partial charge in [0.25, 0.3) is 0 Å². The third-order valence-corrected chi connectivity index (χ3v) is 4.59. The Kier molecular flexibility index (Phi) is 2.33. The second-order valence-corrected chi connectivity index (χ2v) is 5.76. The topological polar surface area (TPSA) is 46.2 Å². The summed E-state index contributed by atoms with van der Waals surface area (Å²) in [6.45, 7) is 0.509. The molecule has 0 aliphatic carbocycles. The highest BCUT2D eigenvalue weighted by atomic mass is 127. The van der Waals surface area contributed by atoms with Gasteiger partial charge in [0.05, 0.1) is 4.90 Å².